The summed E-state index contributed by atoms with van der Waals surface area (Å²) in [6.07, 6.45) is 2.69. The maximum Gasteiger partial charge on any atom is 0.306 e. The van der Waals surface area contributed by atoms with Crippen molar-refractivity contribution >= 4 is 16.7 Å². The molecule has 0 aromatic heterocycles. The molecule has 4 rings (SSSR count). The van der Waals surface area contributed by atoms with Gasteiger partial charge in [-0.3, -0.25) is 4.79 Å². The van der Waals surface area contributed by atoms with Crippen LogP contribution in [0, 0.1) is 11.8 Å². The summed E-state index contributed by atoms with van der Waals surface area (Å²) in [4.78, 5) is 11.2. The molecule has 2 atom stereocenters. The lowest BCUT2D eigenvalue weighted by Gasteiger charge is -2.27. The highest BCUT2D eigenvalue weighted by Gasteiger charge is 2.27. The number of hydrogen-bond acceptors (Lipinski definition) is 2. The van der Waals surface area contributed by atoms with E-state index in [0.717, 1.165) is 30.6 Å². The topological polar surface area (TPSA) is 46.5 Å². The number of carboxylic acids is 1. The third-order valence-corrected chi connectivity index (χ3v) is 5.76. The van der Waals surface area contributed by atoms with Gasteiger partial charge in [-0.05, 0) is 70.8 Å². The summed E-state index contributed by atoms with van der Waals surface area (Å²) in [7, 11) is 0. The maximum atomic E-state index is 11.2. The van der Waals surface area contributed by atoms with Crippen LogP contribution in [0.2, 0.25) is 0 Å². The summed E-state index contributed by atoms with van der Waals surface area (Å²) >= 11 is 0. The van der Waals surface area contributed by atoms with E-state index < -0.39 is 5.97 Å². The molecule has 3 heteroatoms. The van der Waals surface area contributed by atoms with Gasteiger partial charge in [0.05, 0.1) is 5.92 Å². The molecule has 1 N–H and O–H groups in total. The monoisotopic (exact) mass is 360 g/mol. The van der Waals surface area contributed by atoms with E-state index in [0.29, 0.717) is 6.61 Å². The quantitative estimate of drug-likeness (QED) is 0.676. The Balaban J connectivity index is 1.44. The van der Waals surface area contributed by atoms with Gasteiger partial charge in [0, 0.05) is 0 Å². The number of benzene rings is 3. The Kier molecular flexibility index (Phi) is 4.85. The summed E-state index contributed by atoms with van der Waals surface area (Å²) in [5.74, 6) is 0.117. The molecular weight excluding hydrogens is 336 g/mol. The van der Waals surface area contributed by atoms with Gasteiger partial charge in [-0.1, -0.05) is 49.4 Å². The van der Waals surface area contributed by atoms with Crippen molar-refractivity contribution in [2.45, 2.75) is 32.8 Å². The number of hydrogen-bond donors (Lipinski definition) is 1. The summed E-state index contributed by atoms with van der Waals surface area (Å²) in [6, 6.07) is 21.0. The number of aliphatic carboxylic acids is 1. The molecule has 0 fully saturated rings. The molecule has 0 heterocycles. The van der Waals surface area contributed by atoms with Gasteiger partial charge in [-0.2, -0.15) is 0 Å². The first-order chi connectivity index (χ1) is 13.1. The second kappa shape index (κ2) is 7.43. The normalized spacial score (nSPS) is 17.3. The Labute approximate surface area is 159 Å². The van der Waals surface area contributed by atoms with Crippen molar-refractivity contribution in [3.63, 3.8) is 0 Å². The van der Waals surface area contributed by atoms with Gasteiger partial charge in [0.15, 0.2) is 0 Å². The first kappa shape index (κ1) is 17.6. The third kappa shape index (κ3) is 3.82. The molecule has 0 aliphatic heterocycles. The van der Waals surface area contributed by atoms with Crippen molar-refractivity contribution in [2.24, 2.45) is 11.8 Å². The zero-order valence-corrected chi connectivity index (χ0v) is 15.5. The van der Waals surface area contributed by atoms with Crippen LogP contribution in [-0.4, -0.2) is 11.1 Å². The van der Waals surface area contributed by atoms with E-state index in [1.807, 2.05) is 19.1 Å². The van der Waals surface area contributed by atoms with Crippen molar-refractivity contribution in [2.75, 3.05) is 0 Å². The van der Waals surface area contributed by atoms with Crippen molar-refractivity contribution in [1.82, 2.24) is 0 Å². The molecule has 27 heavy (non-hydrogen) atoms. The molecule has 0 saturated heterocycles. The highest BCUT2D eigenvalue weighted by atomic mass is 16.5. The molecule has 1 aliphatic carbocycles. The van der Waals surface area contributed by atoms with Gasteiger partial charge in [0.2, 0.25) is 0 Å². The zero-order chi connectivity index (χ0) is 18.8. The Hall–Kier alpha value is -2.81. The smallest absolute Gasteiger partial charge is 0.306 e. The molecule has 0 spiro atoms. The molecule has 1 aliphatic rings. The fourth-order valence-electron chi connectivity index (χ4n) is 3.97. The molecule has 0 saturated carbocycles. The van der Waals surface area contributed by atoms with Gasteiger partial charge in [-0.15, -0.1) is 0 Å². The second-order valence-electron chi connectivity index (χ2n) is 7.53. The Morgan fingerprint density at radius 3 is 2.70 bits per heavy atom. The van der Waals surface area contributed by atoms with Crippen LogP contribution in [0.15, 0.2) is 60.7 Å². The largest absolute Gasteiger partial charge is 0.489 e. The molecule has 0 radical (unpaired) electrons. The number of rotatable bonds is 5. The summed E-state index contributed by atoms with van der Waals surface area (Å²) in [5, 5.41) is 11.7. The van der Waals surface area contributed by atoms with Crippen LogP contribution in [0.25, 0.3) is 10.8 Å². The Bertz CT molecular complexity index is 976. The highest BCUT2D eigenvalue weighted by molar-refractivity contribution is 5.82. The fraction of sp³-hybridized carbons (Fsp3) is 0.292. The lowest BCUT2D eigenvalue weighted by atomic mass is 9.77. The second-order valence-corrected chi connectivity index (χ2v) is 7.53. The van der Waals surface area contributed by atoms with E-state index in [1.165, 1.54) is 21.9 Å². The van der Waals surface area contributed by atoms with Crippen LogP contribution in [0.5, 0.6) is 5.75 Å². The fourth-order valence-corrected chi connectivity index (χ4v) is 3.97. The lowest BCUT2D eigenvalue weighted by molar-refractivity contribution is -0.143. The molecule has 2 unspecified atom stereocenters. The summed E-state index contributed by atoms with van der Waals surface area (Å²) in [5.41, 5.74) is 3.71. The van der Waals surface area contributed by atoms with E-state index in [9.17, 15) is 9.90 Å². The average Bonchev–Trinajstić information content (AvgIpc) is 2.71. The minimum Gasteiger partial charge on any atom is -0.489 e. The number of carboxylic acid groups (broad SMARTS) is 1. The van der Waals surface area contributed by atoms with Crippen LogP contribution in [-0.2, 0) is 24.2 Å². The summed E-state index contributed by atoms with van der Waals surface area (Å²) < 4.78 is 6.03. The van der Waals surface area contributed by atoms with Crippen molar-refractivity contribution < 1.29 is 14.6 Å². The number of fused-ring (bicyclic) bond motifs is 2. The molecule has 0 amide bonds. The predicted molar refractivity (Wildman–Crippen MR) is 107 cm³/mol. The van der Waals surface area contributed by atoms with E-state index in [2.05, 4.69) is 48.5 Å². The van der Waals surface area contributed by atoms with Gasteiger partial charge in [-0.25, -0.2) is 0 Å². The van der Waals surface area contributed by atoms with Crippen molar-refractivity contribution in [1.29, 1.82) is 0 Å². The van der Waals surface area contributed by atoms with Gasteiger partial charge < -0.3 is 9.84 Å². The zero-order valence-electron chi connectivity index (χ0n) is 15.5. The SMILES string of the molecule is CC(C(=O)O)C1CCc2cc(OCc3ccc4ccccc4c3)ccc2C1. The van der Waals surface area contributed by atoms with Crippen LogP contribution >= 0.6 is 0 Å². The van der Waals surface area contributed by atoms with E-state index in [4.69, 9.17) is 4.74 Å². The molecule has 3 aromatic carbocycles. The molecule has 3 aromatic rings. The van der Waals surface area contributed by atoms with Gasteiger partial charge in [0.1, 0.15) is 12.4 Å². The van der Waals surface area contributed by atoms with Gasteiger partial charge in [0.25, 0.3) is 0 Å². The van der Waals surface area contributed by atoms with Crippen LogP contribution in [0.1, 0.15) is 30.0 Å². The van der Waals surface area contributed by atoms with Crippen LogP contribution < -0.4 is 4.74 Å². The number of ether oxygens (including phenoxy) is 1. The lowest BCUT2D eigenvalue weighted by Crippen LogP contribution is -2.26. The average molecular weight is 360 g/mol. The Morgan fingerprint density at radius 2 is 1.89 bits per heavy atom. The first-order valence-corrected chi connectivity index (χ1v) is 9.55. The molecule has 3 nitrogen and oxygen atoms in total. The van der Waals surface area contributed by atoms with Gasteiger partial charge >= 0.3 is 5.97 Å². The van der Waals surface area contributed by atoms with Crippen LogP contribution in [0.4, 0.5) is 0 Å². The van der Waals surface area contributed by atoms with Crippen molar-refractivity contribution in [3.05, 3.63) is 77.4 Å². The molecule has 0 bridgehead atoms. The highest BCUT2D eigenvalue weighted by Crippen LogP contribution is 2.32. The van der Waals surface area contributed by atoms with E-state index in [1.54, 1.807) is 0 Å². The number of aryl methyl sites for hydroxylation is 1. The Morgan fingerprint density at radius 1 is 1.07 bits per heavy atom. The molecular formula is C24H24O3. The van der Waals surface area contributed by atoms with Crippen molar-refractivity contribution in [3.8, 4) is 5.75 Å². The van der Waals surface area contributed by atoms with E-state index >= 15 is 0 Å². The predicted octanol–water partition coefficient (Wildman–Crippen LogP) is 5.24. The first-order valence-electron chi connectivity index (χ1n) is 9.55. The number of carbonyl (C=O) groups is 1. The van der Waals surface area contributed by atoms with Crippen LogP contribution in [0.3, 0.4) is 0 Å². The summed E-state index contributed by atoms with van der Waals surface area (Å²) in [6.45, 7) is 2.36. The van der Waals surface area contributed by atoms with E-state index in [-0.39, 0.29) is 11.8 Å². The standard InChI is InChI=1S/C24H24O3/c1-16(24(25)26)19-8-9-22-14-23(11-10-21(22)13-19)27-15-17-6-7-18-4-2-3-5-20(18)12-17/h2-7,10-12,14,16,19H,8-9,13,15H2,1H3,(H,25,26). The maximum absolute atomic E-state index is 11.2. The minimum absolute atomic E-state index is 0.222. The third-order valence-electron chi connectivity index (χ3n) is 5.76. The minimum atomic E-state index is -0.696. The molecule has 138 valence electrons.